The molecule has 0 heterocycles. The summed E-state index contributed by atoms with van der Waals surface area (Å²) in [6.07, 6.45) is 0.219. The molecule has 6 nitrogen and oxygen atoms in total. The number of carbonyl (C=O) groups is 2. The lowest BCUT2D eigenvalue weighted by molar-refractivity contribution is -0.116. The highest BCUT2D eigenvalue weighted by Gasteiger charge is 2.10. The lowest BCUT2D eigenvalue weighted by atomic mass is 10.2. The van der Waals surface area contributed by atoms with E-state index in [2.05, 4.69) is 15.4 Å². The highest BCUT2D eigenvalue weighted by molar-refractivity contribution is 6.33. The molecule has 0 aliphatic heterocycles. The first-order valence-corrected chi connectivity index (χ1v) is 7.97. The summed E-state index contributed by atoms with van der Waals surface area (Å²) in [5, 5.41) is 6.29. The van der Waals surface area contributed by atoms with Crippen molar-refractivity contribution in [3.8, 4) is 5.75 Å². The molecular formula is C18H19ClN2O4. The van der Waals surface area contributed by atoms with Crippen LogP contribution in [0.4, 0.5) is 11.4 Å². The molecule has 0 unspecified atom stereocenters. The minimum atomic E-state index is -0.450. The number of hydrogen-bond donors (Lipinski definition) is 2. The molecule has 132 valence electrons. The third-order valence-electron chi connectivity index (χ3n) is 3.44. The summed E-state index contributed by atoms with van der Waals surface area (Å²) in [6, 6.07) is 11.9. The highest BCUT2D eigenvalue weighted by Crippen LogP contribution is 2.24. The number of halogens is 1. The molecule has 0 radical (unpaired) electrons. The predicted octanol–water partition coefficient (Wildman–Crippen LogP) is 3.58. The molecule has 25 heavy (non-hydrogen) atoms. The van der Waals surface area contributed by atoms with E-state index >= 15 is 0 Å². The van der Waals surface area contributed by atoms with Crippen molar-refractivity contribution in [2.24, 2.45) is 0 Å². The van der Waals surface area contributed by atoms with Gasteiger partial charge in [-0.05, 0) is 30.3 Å². The monoisotopic (exact) mass is 362 g/mol. The smallest absolute Gasteiger partial charge is 0.337 e. The molecule has 0 bridgehead atoms. The Morgan fingerprint density at radius 3 is 2.56 bits per heavy atom. The molecule has 0 saturated carbocycles. The topological polar surface area (TPSA) is 76.7 Å². The fraction of sp³-hybridized carbons (Fsp3) is 0.222. The molecule has 0 saturated heterocycles. The van der Waals surface area contributed by atoms with Gasteiger partial charge in [-0.3, -0.25) is 4.79 Å². The quantitative estimate of drug-likeness (QED) is 0.736. The Balaban J connectivity index is 1.92. The van der Waals surface area contributed by atoms with Gasteiger partial charge in [0.1, 0.15) is 5.75 Å². The van der Waals surface area contributed by atoms with Crippen molar-refractivity contribution in [1.29, 1.82) is 0 Å². The Labute approximate surface area is 151 Å². The zero-order valence-electron chi connectivity index (χ0n) is 14.0. The maximum Gasteiger partial charge on any atom is 0.337 e. The van der Waals surface area contributed by atoms with Crippen molar-refractivity contribution in [3.63, 3.8) is 0 Å². The van der Waals surface area contributed by atoms with Crippen molar-refractivity contribution >= 4 is 34.9 Å². The summed E-state index contributed by atoms with van der Waals surface area (Å²) < 4.78 is 9.87. The summed E-state index contributed by atoms with van der Waals surface area (Å²) in [5.74, 6) is -0.0245. The molecule has 0 aliphatic carbocycles. The first-order valence-electron chi connectivity index (χ1n) is 7.59. The first kappa shape index (κ1) is 18.6. The number of nitrogens with one attached hydrogen (secondary N) is 2. The Kier molecular flexibility index (Phi) is 6.65. The molecule has 2 rings (SSSR count). The molecule has 0 aliphatic rings. The first-order chi connectivity index (χ1) is 12.0. The Bertz CT molecular complexity index is 764. The van der Waals surface area contributed by atoms with Crippen LogP contribution in [-0.2, 0) is 9.53 Å². The van der Waals surface area contributed by atoms with Gasteiger partial charge in [-0.25, -0.2) is 4.79 Å². The van der Waals surface area contributed by atoms with E-state index in [9.17, 15) is 9.59 Å². The zero-order chi connectivity index (χ0) is 18.2. The SMILES string of the molecule is COC(=O)c1ccc(Cl)c(NCCC(=O)Nc2ccccc2OC)c1. The van der Waals surface area contributed by atoms with Crippen LogP contribution >= 0.6 is 11.6 Å². The van der Waals surface area contributed by atoms with E-state index in [-0.39, 0.29) is 12.3 Å². The van der Waals surface area contributed by atoms with Gasteiger partial charge in [0.2, 0.25) is 5.91 Å². The van der Waals surface area contributed by atoms with E-state index < -0.39 is 5.97 Å². The fourth-order valence-corrected chi connectivity index (χ4v) is 2.36. The van der Waals surface area contributed by atoms with E-state index in [1.54, 1.807) is 37.4 Å². The second-order valence-electron chi connectivity index (χ2n) is 5.11. The van der Waals surface area contributed by atoms with Gasteiger partial charge in [0.25, 0.3) is 0 Å². The molecule has 0 aromatic heterocycles. The maximum absolute atomic E-state index is 12.1. The average molecular weight is 363 g/mol. The number of para-hydroxylation sites is 2. The predicted molar refractivity (Wildman–Crippen MR) is 97.5 cm³/mol. The van der Waals surface area contributed by atoms with Crippen LogP contribution in [0.3, 0.4) is 0 Å². The minimum Gasteiger partial charge on any atom is -0.495 e. The third kappa shape index (κ3) is 5.12. The van der Waals surface area contributed by atoms with Crippen molar-refractivity contribution in [1.82, 2.24) is 0 Å². The largest absolute Gasteiger partial charge is 0.495 e. The van der Waals surface area contributed by atoms with Gasteiger partial charge in [-0.2, -0.15) is 0 Å². The van der Waals surface area contributed by atoms with E-state index in [0.29, 0.717) is 34.3 Å². The number of amides is 1. The molecule has 0 spiro atoms. The third-order valence-corrected chi connectivity index (χ3v) is 3.77. The van der Waals surface area contributed by atoms with Crippen molar-refractivity contribution in [2.45, 2.75) is 6.42 Å². The normalized spacial score (nSPS) is 10.0. The van der Waals surface area contributed by atoms with Crippen molar-refractivity contribution in [2.75, 3.05) is 31.4 Å². The molecule has 0 atom stereocenters. The van der Waals surface area contributed by atoms with Gasteiger partial charge in [-0.15, -0.1) is 0 Å². The number of carbonyl (C=O) groups excluding carboxylic acids is 2. The summed E-state index contributed by atoms with van der Waals surface area (Å²) in [4.78, 5) is 23.6. The Hall–Kier alpha value is -2.73. The van der Waals surface area contributed by atoms with Crippen LogP contribution < -0.4 is 15.4 Å². The number of benzene rings is 2. The number of rotatable bonds is 7. The lowest BCUT2D eigenvalue weighted by Crippen LogP contribution is -2.17. The average Bonchev–Trinajstić information content (AvgIpc) is 2.63. The summed E-state index contributed by atoms with van der Waals surface area (Å²) >= 11 is 6.10. The van der Waals surface area contributed by atoms with Crippen molar-refractivity contribution in [3.05, 3.63) is 53.1 Å². The minimum absolute atomic E-state index is 0.169. The summed E-state index contributed by atoms with van der Waals surface area (Å²) in [5.41, 5.74) is 1.56. The van der Waals surface area contributed by atoms with Crippen LogP contribution in [0, 0.1) is 0 Å². The van der Waals surface area contributed by atoms with Gasteiger partial charge in [0, 0.05) is 13.0 Å². The Morgan fingerprint density at radius 1 is 1.08 bits per heavy atom. The van der Waals surface area contributed by atoms with Crippen molar-refractivity contribution < 1.29 is 19.1 Å². The molecule has 2 aromatic carbocycles. The second kappa shape index (κ2) is 8.94. The standard InChI is InChI=1S/C18H19ClN2O4/c1-24-16-6-4-3-5-14(16)21-17(22)9-10-20-15-11-12(18(23)25-2)7-8-13(15)19/h3-8,11,20H,9-10H2,1-2H3,(H,21,22). The lowest BCUT2D eigenvalue weighted by Gasteiger charge is -2.11. The Morgan fingerprint density at radius 2 is 1.84 bits per heavy atom. The van der Waals surface area contributed by atoms with Crippen LogP contribution in [0.1, 0.15) is 16.8 Å². The van der Waals surface area contributed by atoms with E-state index in [4.69, 9.17) is 16.3 Å². The number of ether oxygens (including phenoxy) is 2. The van der Waals surface area contributed by atoms with E-state index in [0.717, 1.165) is 0 Å². The van der Waals surface area contributed by atoms with Gasteiger partial charge in [-0.1, -0.05) is 23.7 Å². The van der Waals surface area contributed by atoms with Gasteiger partial charge in [0.15, 0.2) is 0 Å². The van der Waals surface area contributed by atoms with Gasteiger partial charge < -0.3 is 20.1 Å². The van der Waals surface area contributed by atoms with Crippen LogP contribution in [0.2, 0.25) is 5.02 Å². The van der Waals surface area contributed by atoms with E-state index in [1.165, 1.54) is 7.11 Å². The van der Waals surface area contributed by atoms with Crippen LogP contribution in [0.5, 0.6) is 5.75 Å². The molecule has 1 amide bonds. The van der Waals surface area contributed by atoms with Gasteiger partial charge >= 0.3 is 5.97 Å². The summed E-state index contributed by atoms with van der Waals surface area (Å²) in [6.45, 7) is 0.353. The van der Waals surface area contributed by atoms with Crippen LogP contribution in [-0.4, -0.2) is 32.6 Å². The van der Waals surface area contributed by atoms with Crippen LogP contribution in [0.25, 0.3) is 0 Å². The number of methoxy groups -OCH3 is 2. The number of anilines is 2. The zero-order valence-corrected chi connectivity index (χ0v) is 14.7. The molecular weight excluding hydrogens is 344 g/mol. The molecule has 2 N–H and O–H groups in total. The second-order valence-corrected chi connectivity index (χ2v) is 5.52. The van der Waals surface area contributed by atoms with E-state index in [1.807, 2.05) is 12.1 Å². The van der Waals surface area contributed by atoms with Gasteiger partial charge in [0.05, 0.1) is 36.2 Å². The highest BCUT2D eigenvalue weighted by atomic mass is 35.5. The number of hydrogen-bond acceptors (Lipinski definition) is 5. The molecule has 7 heteroatoms. The van der Waals surface area contributed by atoms with Crippen LogP contribution in [0.15, 0.2) is 42.5 Å². The molecule has 2 aromatic rings. The molecule has 0 fully saturated rings. The fourth-order valence-electron chi connectivity index (χ4n) is 2.18. The number of esters is 1. The maximum atomic E-state index is 12.1. The summed E-state index contributed by atoms with van der Waals surface area (Å²) in [7, 11) is 2.86.